The zero-order chi connectivity index (χ0) is 20.1. The molecule has 152 valence electrons. The van der Waals surface area contributed by atoms with Crippen LogP contribution in [0.2, 0.25) is 0 Å². The number of nitrogens with zero attached hydrogens (tertiary/aromatic N) is 1. The number of hydrogen-bond acceptors (Lipinski definition) is 2. The lowest BCUT2D eigenvalue weighted by molar-refractivity contribution is -0.124. The fraction of sp³-hybridized carbons (Fsp3) is 0.440. The quantitative estimate of drug-likeness (QED) is 0.709. The molecular weight excluding hydrogens is 360 g/mol. The molecule has 4 heteroatoms. The van der Waals surface area contributed by atoms with Gasteiger partial charge in [0.1, 0.15) is 0 Å². The maximum atomic E-state index is 13.1. The van der Waals surface area contributed by atoms with E-state index in [9.17, 15) is 9.59 Å². The number of rotatable bonds is 7. The Kier molecular flexibility index (Phi) is 5.98. The smallest absolute Gasteiger partial charge is 0.254 e. The van der Waals surface area contributed by atoms with Gasteiger partial charge in [0, 0.05) is 25.1 Å². The molecule has 0 aromatic heterocycles. The van der Waals surface area contributed by atoms with Gasteiger partial charge in [-0.05, 0) is 42.9 Å². The summed E-state index contributed by atoms with van der Waals surface area (Å²) in [7, 11) is 0. The second kappa shape index (κ2) is 8.81. The largest absolute Gasteiger partial charge is 0.356 e. The van der Waals surface area contributed by atoms with E-state index in [4.69, 9.17) is 0 Å². The normalized spacial score (nSPS) is 17.8. The van der Waals surface area contributed by atoms with Gasteiger partial charge in [0.25, 0.3) is 5.91 Å². The maximum Gasteiger partial charge on any atom is 0.254 e. The van der Waals surface area contributed by atoms with Crippen LogP contribution >= 0.6 is 0 Å². The molecular formula is C25H30N2O2. The Balaban J connectivity index is 1.37. The first kappa shape index (κ1) is 19.7. The van der Waals surface area contributed by atoms with Gasteiger partial charge >= 0.3 is 0 Å². The summed E-state index contributed by atoms with van der Waals surface area (Å²) in [6.45, 7) is 1.31. The van der Waals surface area contributed by atoms with E-state index in [0.29, 0.717) is 19.5 Å². The Morgan fingerprint density at radius 1 is 0.966 bits per heavy atom. The third-order valence-electron chi connectivity index (χ3n) is 6.48. The topological polar surface area (TPSA) is 49.4 Å². The van der Waals surface area contributed by atoms with E-state index in [0.717, 1.165) is 49.7 Å². The third-order valence-corrected chi connectivity index (χ3v) is 6.48. The fourth-order valence-corrected chi connectivity index (χ4v) is 4.92. The molecule has 0 bridgehead atoms. The van der Waals surface area contributed by atoms with E-state index >= 15 is 0 Å². The SMILES string of the molecule is O=C(CC1(N2Cc3ccccc3C2=O)CCCCC1)NCCCc1ccccc1. The van der Waals surface area contributed by atoms with Crippen molar-refractivity contribution in [1.29, 1.82) is 0 Å². The van der Waals surface area contributed by atoms with Crippen molar-refractivity contribution in [2.45, 2.75) is 63.5 Å². The summed E-state index contributed by atoms with van der Waals surface area (Å²) >= 11 is 0. The van der Waals surface area contributed by atoms with Gasteiger partial charge in [-0.25, -0.2) is 0 Å². The molecule has 0 spiro atoms. The minimum Gasteiger partial charge on any atom is -0.356 e. The second-order valence-electron chi connectivity index (χ2n) is 8.45. The van der Waals surface area contributed by atoms with Gasteiger partial charge in [0.2, 0.25) is 5.91 Å². The molecule has 4 rings (SSSR count). The number of hydrogen-bond donors (Lipinski definition) is 1. The third kappa shape index (κ3) is 4.36. The van der Waals surface area contributed by atoms with Crippen molar-refractivity contribution in [3.63, 3.8) is 0 Å². The highest BCUT2D eigenvalue weighted by Crippen LogP contribution is 2.41. The number of carbonyl (C=O) groups excluding carboxylic acids is 2. The van der Waals surface area contributed by atoms with E-state index < -0.39 is 0 Å². The summed E-state index contributed by atoms with van der Waals surface area (Å²) in [6.07, 6.45) is 7.51. The first-order chi connectivity index (χ1) is 14.2. The molecule has 2 aliphatic rings. The van der Waals surface area contributed by atoms with E-state index in [1.807, 2.05) is 47.4 Å². The predicted octanol–water partition coefficient (Wildman–Crippen LogP) is 4.48. The number of nitrogens with one attached hydrogen (secondary N) is 1. The molecule has 1 heterocycles. The van der Waals surface area contributed by atoms with Crippen LogP contribution in [-0.4, -0.2) is 28.8 Å². The molecule has 2 amide bonds. The molecule has 1 aliphatic carbocycles. The van der Waals surface area contributed by atoms with Gasteiger partial charge in [-0.1, -0.05) is 67.8 Å². The standard InChI is InChI=1S/C25H30N2O2/c28-23(26-17-9-12-20-10-3-1-4-11-20)18-25(15-7-2-8-16-25)27-19-21-13-5-6-14-22(21)24(27)29/h1,3-6,10-11,13-14H,2,7-9,12,15-19H2,(H,26,28). The Hall–Kier alpha value is -2.62. The highest BCUT2D eigenvalue weighted by Gasteiger charge is 2.45. The predicted molar refractivity (Wildman–Crippen MR) is 115 cm³/mol. The molecule has 2 aromatic carbocycles. The number of carbonyl (C=O) groups is 2. The number of aryl methyl sites for hydroxylation is 1. The molecule has 0 atom stereocenters. The van der Waals surface area contributed by atoms with Crippen LogP contribution in [0, 0.1) is 0 Å². The summed E-state index contributed by atoms with van der Waals surface area (Å²) in [5, 5.41) is 3.11. The molecule has 0 saturated heterocycles. The molecule has 1 aliphatic heterocycles. The lowest BCUT2D eigenvalue weighted by Gasteiger charge is -2.44. The first-order valence-electron chi connectivity index (χ1n) is 10.9. The van der Waals surface area contributed by atoms with E-state index in [-0.39, 0.29) is 17.4 Å². The highest BCUT2D eigenvalue weighted by atomic mass is 16.2. The lowest BCUT2D eigenvalue weighted by atomic mass is 9.77. The van der Waals surface area contributed by atoms with Crippen molar-refractivity contribution < 1.29 is 9.59 Å². The van der Waals surface area contributed by atoms with Gasteiger partial charge in [0.15, 0.2) is 0 Å². The van der Waals surface area contributed by atoms with Crippen LogP contribution in [0.3, 0.4) is 0 Å². The van der Waals surface area contributed by atoms with E-state index in [1.165, 1.54) is 12.0 Å². The van der Waals surface area contributed by atoms with Gasteiger partial charge in [0.05, 0.1) is 5.54 Å². The van der Waals surface area contributed by atoms with Gasteiger partial charge in [-0.15, -0.1) is 0 Å². The monoisotopic (exact) mass is 390 g/mol. The maximum absolute atomic E-state index is 13.1. The Morgan fingerprint density at radius 2 is 1.69 bits per heavy atom. The van der Waals surface area contributed by atoms with Crippen LogP contribution in [0.4, 0.5) is 0 Å². The van der Waals surface area contributed by atoms with Crippen LogP contribution in [0.25, 0.3) is 0 Å². The lowest BCUT2D eigenvalue weighted by Crippen LogP contribution is -2.52. The number of amides is 2. The molecule has 0 unspecified atom stereocenters. The Bertz CT molecular complexity index is 856. The van der Waals surface area contributed by atoms with Gasteiger partial charge in [-0.3, -0.25) is 9.59 Å². The summed E-state index contributed by atoms with van der Waals surface area (Å²) in [4.78, 5) is 27.9. The summed E-state index contributed by atoms with van der Waals surface area (Å²) in [6, 6.07) is 18.2. The van der Waals surface area contributed by atoms with Crippen molar-refractivity contribution in [3.05, 3.63) is 71.3 Å². The van der Waals surface area contributed by atoms with Crippen LogP contribution in [0.15, 0.2) is 54.6 Å². The molecule has 1 fully saturated rings. The molecule has 2 aromatic rings. The number of fused-ring (bicyclic) bond motifs is 1. The van der Waals surface area contributed by atoms with Crippen LogP contribution < -0.4 is 5.32 Å². The minimum atomic E-state index is -0.335. The average molecular weight is 391 g/mol. The summed E-state index contributed by atoms with van der Waals surface area (Å²) in [5.41, 5.74) is 2.86. The van der Waals surface area contributed by atoms with Crippen molar-refractivity contribution in [1.82, 2.24) is 10.2 Å². The van der Waals surface area contributed by atoms with Crippen LogP contribution in [0.5, 0.6) is 0 Å². The van der Waals surface area contributed by atoms with E-state index in [2.05, 4.69) is 17.4 Å². The number of benzene rings is 2. The van der Waals surface area contributed by atoms with Crippen LogP contribution in [0.1, 0.15) is 66.4 Å². The Labute approximate surface area is 173 Å². The molecule has 0 radical (unpaired) electrons. The van der Waals surface area contributed by atoms with Gasteiger partial charge in [-0.2, -0.15) is 0 Å². The fourth-order valence-electron chi connectivity index (χ4n) is 4.92. The van der Waals surface area contributed by atoms with Crippen LogP contribution in [-0.2, 0) is 17.8 Å². The summed E-state index contributed by atoms with van der Waals surface area (Å²) < 4.78 is 0. The molecule has 1 N–H and O–H groups in total. The zero-order valence-electron chi connectivity index (χ0n) is 17.0. The molecule has 29 heavy (non-hydrogen) atoms. The Morgan fingerprint density at radius 3 is 2.45 bits per heavy atom. The van der Waals surface area contributed by atoms with Gasteiger partial charge < -0.3 is 10.2 Å². The first-order valence-corrected chi connectivity index (χ1v) is 10.9. The highest BCUT2D eigenvalue weighted by molar-refractivity contribution is 5.99. The van der Waals surface area contributed by atoms with E-state index in [1.54, 1.807) is 0 Å². The molecule has 4 nitrogen and oxygen atoms in total. The van der Waals surface area contributed by atoms with Crippen molar-refractivity contribution in [2.75, 3.05) is 6.54 Å². The van der Waals surface area contributed by atoms with Crippen molar-refractivity contribution in [3.8, 4) is 0 Å². The second-order valence-corrected chi connectivity index (χ2v) is 8.45. The van der Waals surface area contributed by atoms with Crippen molar-refractivity contribution in [2.24, 2.45) is 0 Å². The zero-order valence-corrected chi connectivity index (χ0v) is 17.0. The summed E-state index contributed by atoms with van der Waals surface area (Å²) in [5.74, 6) is 0.170. The minimum absolute atomic E-state index is 0.0729. The molecule has 1 saturated carbocycles. The van der Waals surface area contributed by atoms with Crippen molar-refractivity contribution >= 4 is 11.8 Å². The average Bonchev–Trinajstić information content (AvgIpc) is 3.10.